The Hall–Kier alpha value is -1.58. The van der Waals surface area contributed by atoms with Crippen molar-refractivity contribution in [3.8, 4) is 0 Å². The first-order chi connectivity index (χ1) is 9.28. The molecule has 1 aromatic heterocycles. The van der Waals surface area contributed by atoms with E-state index in [1.54, 1.807) is 6.92 Å². The Bertz CT molecular complexity index is 551. The van der Waals surface area contributed by atoms with Gasteiger partial charge < -0.3 is 20.7 Å². The molecule has 1 aliphatic heterocycles. The van der Waals surface area contributed by atoms with Gasteiger partial charge in [0.05, 0.1) is 6.10 Å². The van der Waals surface area contributed by atoms with E-state index in [9.17, 15) is 23.8 Å². The van der Waals surface area contributed by atoms with E-state index in [0.29, 0.717) is 4.57 Å². The molecule has 0 aliphatic carbocycles. The third-order valence-corrected chi connectivity index (χ3v) is 3.22. The van der Waals surface area contributed by atoms with Gasteiger partial charge in [-0.15, -0.1) is 0 Å². The maximum absolute atomic E-state index is 14.0. The van der Waals surface area contributed by atoms with Crippen molar-refractivity contribution in [3.05, 3.63) is 22.7 Å². The predicted molar refractivity (Wildman–Crippen MR) is 64.1 cm³/mol. The van der Waals surface area contributed by atoms with Crippen LogP contribution in [0.1, 0.15) is 19.6 Å². The number of nitrogens with two attached hydrogens (primary N) is 1. The van der Waals surface area contributed by atoms with Crippen LogP contribution >= 0.6 is 0 Å². The van der Waals surface area contributed by atoms with Crippen molar-refractivity contribution in [3.63, 3.8) is 0 Å². The van der Waals surface area contributed by atoms with Gasteiger partial charge in [0.15, 0.2) is 6.10 Å². The van der Waals surface area contributed by atoms with Crippen LogP contribution in [0.4, 0.5) is 14.6 Å². The minimum Gasteiger partial charge on any atom is -0.390 e. The van der Waals surface area contributed by atoms with Crippen molar-refractivity contribution >= 4 is 5.82 Å². The number of rotatable bonds is 3. The maximum atomic E-state index is 14.0. The standard InChI is InChI=1S/C11H15F2N3O4/c1-2-5(17)7-8(18)11(12,13)9(20-7)16-4-3-6(14)15-10(16)19/h3-5,7-9,17-18H,2H2,1H3,(H2,14,15,19)/t5?,7?,8-,9-/m1/s1. The molecule has 0 bridgehead atoms. The smallest absolute Gasteiger partial charge is 0.351 e. The van der Waals surface area contributed by atoms with Crippen LogP contribution in [0.25, 0.3) is 0 Å². The average Bonchev–Trinajstić information content (AvgIpc) is 2.61. The summed E-state index contributed by atoms with van der Waals surface area (Å²) >= 11 is 0. The van der Waals surface area contributed by atoms with Crippen LogP contribution in [-0.4, -0.2) is 44.0 Å². The number of nitrogens with zero attached hydrogens (tertiary/aromatic N) is 2. The number of hydrogen-bond acceptors (Lipinski definition) is 6. The highest BCUT2D eigenvalue weighted by atomic mass is 19.3. The van der Waals surface area contributed by atoms with Gasteiger partial charge in [0.1, 0.15) is 11.9 Å². The number of aliphatic hydroxyl groups excluding tert-OH is 2. The lowest BCUT2D eigenvalue weighted by Gasteiger charge is -2.21. The summed E-state index contributed by atoms with van der Waals surface area (Å²) in [7, 11) is 0. The second-order valence-corrected chi connectivity index (χ2v) is 4.59. The first kappa shape index (κ1) is 14.8. The molecule has 2 heterocycles. The van der Waals surface area contributed by atoms with Gasteiger partial charge in [-0.3, -0.25) is 4.57 Å². The molecule has 2 unspecified atom stereocenters. The molecular weight excluding hydrogens is 276 g/mol. The number of halogens is 2. The van der Waals surface area contributed by atoms with E-state index in [2.05, 4.69) is 4.98 Å². The van der Waals surface area contributed by atoms with Gasteiger partial charge in [0.2, 0.25) is 6.23 Å². The molecule has 7 nitrogen and oxygen atoms in total. The van der Waals surface area contributed by atoms with Crippen LogP contribution < -0.4 is 11.4 Å². The molecule has 4 atom stereocenters. The highest BCUT2D eigenvalue weighted by Gasteiger charge is 2.61. The third kappa shape index (κ3) is 2.28. The second kappa shape index (κ2) is 5.08. The molecule has 2 rings (SSSR count). The second-order valence-electron chi connectivity index (χ2n) is 4.59. The fraction of sp³-hybridized carbons (Fsp3) is 0.636. The molecule has 1 aliphatic rings. The Morgan fingerprint density at radius 2 is 2.30 bits per heavy atom. The Balaban J connectivity index is 2.39. The van der Waals surface area contributed by atoms with Crippen molar-refractivity contribution in [2.45, 2.75) is 43.8 Å². The normalized spacial score (nSPS) is 30.4. The molecule has 9 heteroatoms. The lowest BCUT2D eigenvalue weighted by atomic mass is 10.0. The number of ether oxygens (including phenoxy) is 1. The number of aliphatic hydroxyl groups is 2. The quantitative estimate of drug-likeness (QED) is 0.692. The monoisotopic (exact) mass is 291 g/mol. The largest absolute Gasteiger partial charge is 0.390 e. The summed E-state index contributed by atoms with van der Waals surface area (Å²) in [6, 6.07) is 1.16. The van der Waals surface area contributed by atoms with Crippen LogP contribution in [0, 0.1) is 0 Å². The summed E-state index contributed by atoms with van der Waals surface area (Å²) < 4.78 is 33.5. The van der Waals surface area contributed by atoms with Gasteiger partial charge in [0.25, 0.3) is 0 Å². The Kier molecular flexibility index (Phi) is 3.76. The molecule has 0 saturated carbocycles. The zero-order valence-corrected chi connectivity index (χ0v) is 10.6. The summed E-state index contributed by atoms with van der Waals surface area (Å²) in [6.45, 7) is 1.56. The van der Waals surface area contributed by atoms with Crippen LogP contribution in [0.15, 0.2) is 17.1 Å². The molecule has 1 aromatic rings. The Morgan fingerprint density at radius 3 is 2.85 bits per heavy atom. The van der Waals surface area contributed by atoms with E-state index < -0.39 is 36.2 Å². The van der Waals surface area contributed by atoms with Crippen molar-refractivity contribution in [1.29, 1.82) is 0 Å². The SMILES string of the molecule is CCC(O)C1O[C@@H](n2ccc(N)nc2=O)C(F)(F)[C@@H]1O. The summed E-state index contributed by atoms with van der Waals surface area (Å²) in [5.41, 5.74) is 4.26. The van der Waals surface area contributed by atoms with Crippen LogP contribution in [0.2, 0.25) is 0 Å². The van der Waals surface area contributed by atoms with Crippen LogP contribution in [-0.2, 0) is 4.74 Å². The molecule has 4 N–H and O–H groups in total. The topological polar surface area (TPSA) is 111 Å². The number of hydrogen-bond donors (Lipinski definition) is 3. The fourth-order valence-corrected chi connectivity index (χ4v) is 2.07. The molecule has 1 fully saturated rings. The predicted octanol–water partition coefficient (Wildman–Crippen LogP) is -0.510. The summed E-state index contributed by atoms with van der Waals surface area (Å²) in [6.07, 6.45) is -5.87. The van der Waals surface area contributed by atoms with Crippen LogP contribution in [0.5, 0.6) is 0 Å². The van der Waals surface area contributed by atoms with Gasteiger partial charge in [-0.2, -0.15) is 13.8 Å². The average molecular weight is 291 g/mol. The lowest BCUT2D eigenvalue weighted by Crippen LogP contribution is -2.43. The van der Waals surface area contributed by atoms with E-state index in [1.807, 2.05) is 0 Å². The van der Waals surface area contributed by atoms with Gasteiger partial charge in [-0.05, 0) is 12.5 Å². The molecule has 1 saturated heterocycles. The van der Waals surface area contributed by atoms with Crippen molar-refractivity contribution in [1.82, 2.24) is 9.55 Å². The third-order valence-electron chi connectivity index (χ3n) is 3.22. The van der Waals surface area contributed by atoms with Crippen LogP contribution in [0.3, 0.4) is 0 Å². The van der Waals surface area contributed by atoms with Crippen molar-refractivity contribution in [2.24, 2.45) is 0 Å². The molecule has 0 amide bonds. The minimum atomic E-state index is -3.73. The van der Waals surface area contributed by atoms with E-state index in [-0.39, 0.29) is 12.2 Å². The zero-order chi connectivity index (χ0) is 15.1. The number of nitrogen functional groups attached to an aromatic ring is 1. The van der Waals surface area contributed by atoms with E-state index in [4.69, 9.17) is 10.5 Å². The summed E-state index contributed by atoms with van der Waals surface area (Å²) in [5, 5.41) is 19.2. The molecular formula is C11H15F2N3O4. The molecule has 20 heavy (non-hydrogen) atoms. The van der Waals surface area contributed by atoms with Crippen molar-refractivity contribution in [2.75, 3.05) is 5.73 Å². The molecule has 112 valence electrons. The highest BCUT2D eigenvalue weighted by Crippen LogP contribution is 2.43. The van der Waals surface area contributed by atoms with E-state index >= 15 is 0 Å². The molecule has 0 aromatic carbocycles. The first-order valence-corrected chi connectivity index (χ1v) is 6.03. The van der Waals surface area contributed by atoms with Gasteiger partial charge in [0, 0.05) is 6.20 Å². The van der Waals surface area contributed by atoms with Crippen molar-refractivity contribution < 1.29 is 23.7 Å². The zero-order valence-electron chi connectivity index (χ0n) is 10.6. The van der Waals surface area contributed by atoms with E-state index in [1.165, 1.54) is 0 Å². The van der Waals surface area contributed by atoms with Gasteiger partial charge >= 0.3 is 11.6 Å². The van der Waals surface area contributed by atoms with E-state index in [0.717, 1.165) is 12.3 Å². The number of anilines is 1. The summed E-state index contributed by atoms with van der Waals surface area (Å²) in [5.74, 6) is -3.85. The number of alkyl halides is 2. The first-order valence-electron chi connectivity index (χ1n) is 6.03. The fourth-order valence-electron chi connectivity index (χ4n) is 2.07. The minimum absolute atomic E-state index is 0.113. The molecule has 0 spiro atoms. The van der Waals surface area contributed by atoms with Gasteiger partial charge in [-0.1, -0.05) is 6.92 Å². The lowest BCUT2D eigenvalue weighted by molar-refractivity contribution is -0.141. The Labute approximate surface area is 112 Å². The summed E-state index contributed by atoms with van der Waals surface area (Å²) in [4.78, 5) is 14.9. The Morgan fingerprint density at radius 1 is 1.65 bits per heavy atom. The van der Waals surface area contributed by atoms with Gasteiger partial charge in [-0.25, -0.2) is 4.79 Å². The highest BCUT2D eigenvalue weighted by molar-refractivity contribution is 5.23. The molecule has 0 radical (unpaired) electrons. The maximum Gasteiger partial charge on any atom is 0.351 e. The number of aromatic nitrogens is 2.